The molecule has 4 aromatic rings. The van der Waals surface area contributed by atoms with Gasteiger partial charge in [0.15, 0.2) is 11.5 Å². The van der Waals surface area contributed by atoms with Crippen molar-refractivity contribution >= 4 is 40.1 Å². The smallest absolute Gasteiger partial charge is 0.321 e. The molecule has 0 aliphatic rings. The van der Waals surface area contributed by atoms with Crippen LogP contribution in [0.5, 0.6) is 11.5 Å². The van der Waals surface area contributed by atoms with E-state index in [0.29, 0.717) is 40.1 Å². The number of fused-ring (bicyclic) bond motifs is 1. The van der Waals surface area contributed by atoms with Crippen molar-refractivity contribution in [3.8, 4) is 11.5 Å². The highest BCUT2D eigenvalue weighted by atomic mass is 35.5. The number of carboxylic acids is 1. The zero-order valence-electron chi connectivity index (χ0n) is 18.5. The maximum atomic E-state index is 11.9. The number of nitrogens with one attached hydrogen (secondary N) is 2. The van der Waals surface area contributed by atoms with Crippen LogP contribution >= 0.6 is 23.2 Å². The molecule has 0 aliphatic heterocycles. The van der Waals surface area contributed by atoms with E-state index in [1.165, 1.54) is 0 Å². The average Bonchev–Trinajstić information content (AvgIpc) is 3.24. The molecule has 6 nitrogen and oxygen atoms in total. The number of ether oxygens (including phenoxy) is 2. The first-order valence-corrected chi connectivity index (χ1v) is 11.5. The largest absolute Gasteiger partial charge is 0.493 e. The van der Waals surface area contributed by atoms with Gasteiger partial charge in [0, 0.05) is 45.7 Å². The number of hydrogen-bond donors (Lipinski definition) is 3. The summed E-state index contributed by atoms with van der Waals surface area (Å²) >= 11 is 12.4. The second-order valence-corrected chi connectivity index (χ2v) is 8.62. The summed E-state index contributed by atoms with van der Waals surface area (Å²) in [5, 5.41) is 15.0. The third-order valence-corrected chi connectivity index (χ3v) is 6.32. The third-order valence-electron chi connectivity index (χ3n) is 5.61. The zero-order chi connectivity index (χ0) is 24.1. The number of aliphatic carboxylic acids is 1. The molecule has 0 bridgehead atoms. The topological polar surface area (TPSA) is 83.6 Å². The van der Waals surface area contributed by atoms with Gasteiger partial charge in [-0.25, -0.2) is 0 Å². The molecule has 1 aromatic heterocycles. The SMILES string of the molecule is COc1cc(CN[C@@H](Cc2c[nH]c3ccccc23)C(=O)O)ccc1OCc1c(Cl)cccc1Cl. The first-order chi connectivity index (χ1) is 16.5. The van der Waals surface area contributed by atoms with Crippen LogP contribution in [0.4, 0.5) is 0 Å². The van der Waals surface area contributed by atoms with Gasteiger partial charge in [0.2, 0.25) is 0 Å². The predicted molar refractivity (Wildman–Crippen MR) is 134 cm³/mol. The number of halogens is 2. The number of hydrogen-bond acceptors (Lipinski definition) is 4. The van der Waals surface area contributed by atoms with Crippen LogP contribution in [-0.2, 0) is 24.4 Å². The fraction of sp³-hybridized carbons (Fsp3) is 0.192. The number of carboxylic acid groups (broad SMARTS) is 1. The normalized spacial score (nSPS) is 12.0. The van der Waals surface area contributed by atoms with E-state index in [4.69, 9.17) is 32.7 Å². The highest BCUT2D eigenvalue weighted by Gasteiger charge is 2.19. The zero-order valence-corrected chi connectivity index (χ0v) is 20.0. The van der Waals surface area contributed by atoms with Crippen molar-refractivity contribution in [2.45, 2.75) is 25.6 Å². The van der Waals surface area contributed by atoms with Gasteiger partial charge in [0.25, 0.3) is 0 Å². The van der Waals surface area contributed by atoms with E-state index in [0.717, 1.165) is 22.0 Å². The molecule has 34 heavy (non-hydrogen) atoms. The van der Waals surface area contributed by atoms with Crippen LogP contribution in [0.3, 0.4) is 0 Å². The van der Waals surface area contributed by atoms with Crippen LogP contribution in [0.1, 0.15) is 16.7 Å². The first kappa shape index (κ1) is 24.0. The van der Waals surface area contributed by atoms with Gasteiger partial charge in [-0.1, -0.05) is 53.5 Å². The van der Waals surface area contributed by atoms with Gasteiger partial charge in [-0.2, -0.15) is 0 Å². The maximum Gasteiger partial charge on any atom is 0.321 e. The Morgan fingerprint density at radius 1 is 1.06 bits per heavy atom. The molecule has 0 spiro atoms. The number of benzene rings is 3. The number of methoxy groups -OCH3 is 1. The van der Waals surface area contributed by atoms with Crippen molar-refractivity contribution in [2.24, 2.45) is 0 Å². The molecule has 0 saturated carbocycles. The van der Waals surface area contributed by atoms with E-state index in [-0.39, 0.29) is 6.61 Å². The molecule has 4 rings (SSSR count). The molecule has 0 saturated heterocycles. The summed E-state index contributed by atoms with van der Waals surface area (Å²) < 4.78 is 11.4. The minimum absolute atomic E-state index is 0.193. The van der Waals surface area contributed by atoms with Crippen LogP contribution in [0.15, 0.2) is 66.9 Å². The van der Waals surface area contributed by atoms with E-state index in [1.807, 2.05) is 42.6 Å². The lowest BCUT2D eigenvalue weighted by Gasteiger charge is -2.16. The van der Waals surface area contributed by atoms with Gasteiger partial charge in [-0.3, -0.25) is 4.79 Å². The Morgan fingerprint density at radius 3 is 2.56 bits per heavy atom. The summed E-state index contributed by atoms with van der Waals surface area (Å²) in [5.74, 6) is 0.163. The summed E-state index contributed by atoms with van der Waals surface area (Å²) in [6, 6.07) is 17.9. The number of rotatable bonds is 10. The van der Waals surface area contributed by atoms with Gasteiger partial charge >= 0.3 is 5.97 Å². The van der Waals surface area contributed by atoms with Crippen molar-refractivity contribution in [1.82, 2.24) is 10.3 Å². The molecule has 3 N–H and O–H groups in total. The first-order valence-electron chi connectivity index (χ1n) is 10.7. The summed E-state index contributed by atoms with van der Waals surface area (Å²) in [6.45, 7) is 0.546. The molecule has 3 aromatic carbocycles. The molecular weight excluding hydrogens is 475 g/mol. The van der Waals surface area contributed by atoms with Crippen molar-refractivity contribution in [3.63, 3.8) is 0 Å². The van der Waals surface area contributed by atoms with Crippen LogP contribution in [0, 0.1) is 0 Å². The third kappa shape index (κ3) is 5.47. The van der Waals surface area contributed by atoms with Gasteiger partial charge in [0.1, 0.15) is 12.6 Å². The van der Waals surface area contributed by atoms with E-state index in [2.05, 4.69) is 10.3 Å². The second-order valence-electron chi connectivity index (χ2n) is 7.81. The van der Waals surface area contributed by atoms with E-state index in [1.54, 1.807) is 31.4 Å². The van der Waals surface area contributed by atoms with E-state index < -0.39 is 12.0 Å². The quantitative estimate of drug-likeness (QED) is 0.255. The monoisotopic (exact) mass is 498 g/mol. The molecule has 0 fully saturated rings. The number of aromatic nitrogens is 1. The highest BCUT2D eigenvalue weighted by Crippen LogP contribution is 2.31. The van der Waals surface area contributed by atoms with Crippen LogP contribution in [-0.4, -0.2) is 29.2 Å². The fourth-order valence-electron chi connectivity index (χ4n) is 3.77. The molecular formula is C26H24Cl2N2O4. The van der Waals surface area contributed by atoms with Gasteiger partial charge in [-0.15, -0.1) is 0 Å². The van der Waals surface area contributed by atoms with Gasteiger partial charge < -0.3 is 24.9 Å². The molecule has 0 aliphatic carbocycles. The van der Waals surface area contributed by atoms with Gasteiger partial charge in [0.05, 0.1) is 7.11 Å². The number of para-hydroxylation sites is 1. The Labute approximate surface area is 207 Å². The Morgan fingerprint density at radius 2 is 1.82 bits per heavy atom. The fourth-order valence-corrected chi connectivity index (χ4v) is 4.28. The van der Waals surface area contributed by atoms with Crippen molar-refractivity contribution in [3.05, 3.63) is 93.6 Å². The molecule has 0 unspecified atom stereocenters. The van der Waals surface area contributed by atoms with Crippen LogP contribution in [0.2, 0.25) is 10.0 Å². The molecule has 0 amide bonds. The summed E-state index contributed by atoms with van der Waals surface area (Å²) in [6.07, 6.45) is 2.22. The van der Waals surface area contributed by atoms with E-state index >= 15 is 0 Å². The molecule has 1 heterocycles. The standard InChI is InChI=1S/C26H24Cl2N2O4/c1-33-25-11-16(9-10-24(25)34-15-19-20(27)6-4-7-21(19)28)13-29-23(26(31)32)12-17-14-30-22-8-3-2-5-18(17)22/h2-11,14,23,29-30H,12-13,15H2,1H3,(H,31,32)/t23-/m0/s1. The number of aromatic amines is 1. The molecule has 8 heteroatoms. The maximum absolute atomic E-state index is 11.9. The average molecular weight is 499 g/mol. The minimum atomic E-state index is -0.909. The second kappa shape index (κ2) is 10.8. The highest BCUT2D eigenvalue weighted by molar-refractivity contribution is 6.35. The number of H-pyrrole nitrogens is 1. The van der Waals surface area contributed by atoms with Crippen molar-refractivity contribution in [2.75, 3.05) is 7.11 Å². The lowest BCUT2D eigenvalue weighted by atomic mass is 10.0. The lowest BCUT2D eigenvalue weighted by molar-refractivity contribution is -0.139. The summed E-state index contributed by atoms with van der Waals surface area (Å²) in [5.41, 5.74) is 3.50. The van der Waals surface area contributed by atoms with Crippen LogP contribution in [0.25, 0.3) is 10.9 Å². The number of carbonyl (C=O) groups is 1. The predicted octanol–water partition coefficient (Wildman–Crippen LogP) is 5.85. The Kier molecular flexibility index (Phi) is 7.63. The van der Waals surface area contributed by atoms with Crippen molar-refractivity contribution in [1.29, 1.82) is 0 Å². The lowest BCUT2D eigenvalue weighted by Crippen LogP contribution is -2.38. The van der Waals surface area contributed by atoms with Crippen LogP contribution < -0.4 is 14.8 Å². The summed E-state index contributed by atoms with van der Waals surface area (Å²) in [7, 11) is 1.55. The van der Waals surface area contributed by atoms with Gasteiger partial charge in [-0.05, 0) is 41.5 Å². The Bertz CT molecular complexity index is 1280. The minimum Gasteiger partial charge on any atom is -0.493 e. The molecule has 1 atom stereocenters. The summed E-state index contributed by atoms with van der Waals surface area (Å²) in [4.78, 5) is 15.1. The Balaban J connectivity index is 1.43. The molecule has 176 valence electrons. The Hall–Kier alpha value is -3.19. The van der Waals surface area contributed by atoms with E-state index in [9.17, 15) is 9.90 Å². The van der Waals surface area contributed by atoms with Crippen molar-refractivity contribution < 1.29 is 19.4 Å². The molecule has 0 radical (unpaired) electrons.